The van der Waals surface area contributed by atoms with Crippen LogP contribution in [0.5, 0.6) is 0 Å². The van der Waals surface area contributed by atoms with E-state index >= 15 is 0 Å². The second kappa shape index (κ2) is 10.8. The maximum atomic E-state index is 13.9. The van der Waals surface area contributed by atoms with Gasteiger partial charge in [-0.15, -0.1) is 0 Å². The van der Waals surface area contributed by atoms with Crippen molar-refractivity contribution in [3.05, 3.63) is 12.2 Å². The molecule has 1 saturated carbocycles. The Labute approximate surface area is 185 Å². The van der Waals surface area contributed by atoms with Gasteiger partial charge in [-0.25, -0.2) is 0 Å². The number of hydrogen-bond acceptors (Lipinski definition) is 2. The van der Waals surface area contributed by atoms with Crippen molar-refractivity contribution in [1.29, 1.82) is 0 Å². The van der Waals surface area contributed by atoms with E-state index in [0.29, 0.717) is 23.7 Å². The van der Waals surface area contributed by atoms with E-state index in [9.17, 15) is 9.59 Å². The van der Waals surface area contributed by atoms with Gasteiger partial charge in [0.25, 0.3) is 0 Å². The molecule has 4 atom stereocenters. The lowest BCUT2D eigenvalue weighted by Gasteiger charge is -2.47. The van der Waals surface area contributed by atoms with Gasteiger partial charge in [-0.3, -0.25) is 9.59 Å². The molecule has 0 spiro atoms. The molecular formula is C26H46N2O2. The molecule has 2 bridgehead atoms. The molecule has 4 unspecified atom stereocenters. The summed E-state index contributed by atoms with van der Waals surface area (Å²) in [5.41, 5.74) is 0. The Balaban J connectivity index is 2.34. The van der Waals surface area contributed by atoms with Crippen LogP contribution < -0.4 is 0 Å². The van der Waals surface area contributed by atoms with Crippen molar-refractivity contribution < 1.29 is 9.59 Å². The SMILES string of the molecule is CC(C)CN(CC(C)C)C(=O)C1C2C=CC(CC2)C1C(=O)N(CC(C)C)CC(C)C. The topological polar surface area (TPSA) is 40.6 Å². The highest BCUT2D eigenvalue weighted by molar-refractivity contribution is 5.89. The van der Waals surface area contributed by atoms with Crippen molar-refractivity contribution >= 4 is 11.8 Å². The van der Waals surface area contributed by atoms with Gasteiger partial charge in [0.2, 0.25) is 11.8 Å². The highest BCUT2D eigenvalue weighted by Crippen LogP contribution is 2.46. The normalized spacial score (nSPS) is 25.6. The summed E-state index contributed by atoms with van der Waals surface area (Å²) in [6.07, 6.45) is 6.54. The van der Waals surface area contributed by atoms with Crippen LogP contribution in [0.25, 0.3) is 0 Å². The van der Waals surface area contributed by atoms with Crippen molar-refractivity contribution in [3.63, 3.8) is 0 Å². The molecule has 0 radical (unpaired) electrons. The first-order valence-corrected chi connectivity index (χ1v) is 12.3. The van der Waals surface area contributed by atoms with Crippen LogP contribution in [0, 0.1) is 47.3 Å². The Kier molecular flexibility index (Phi) is 8.99. The minimum absolute atomic E-state index is 0.194. The van der Waals surface area contributed by atoms with Gasteiger partial charge in [0.05, 0.1) is 11.8 Å². The largest absolute Gasteiger partial charge is 0.342 e. The monoisotopic (exact) mass is 418 g/mol. The molecule has 2 amide bonds. The minimum atomic E-state index is -0.194. The molecule has 0 N–H and O–H groups in total. The smallest absolute Gasteiger partial charge is 0.227 e. The molecule has 0 aromatic heterocycles. The maximum absolute atomic E-state index is 13.9. The summed E-state index contributed by atoms with van der Waals surface area (Å²) in [6, 6.07) is 0. The molecule has 1 fully saturated rings. The van der Waals surface area contributed by atoms with Gasteiger partial charge in [-0.2, -0.15) is 0 Å². The number of nitrogens with zero attached hydrogens (tertiary/aromatic N) is 2. The van der Waals surface area contributed by atoms with E-state index in [4.69, 9.17) is 0 Å². The van der Waals surface area contributed by atoms with Crippen LogP contribution in [0.15, 0.2) is 12.2 Å². The predicted octanol–water partition coefficient (Wildman–Crippen LogP) is 5.10. The molecule has 0 aliphatic heterocycles. The summed E-state index contributed by atoms with van der Waals surface area (Å²) >= 11 is 0. The second-order valence-corrected chi connectivity index (χ2v) is 11.4. The Hall–Kier alpha value is -1.32. The first-order valence-electron chi connectivity index (χ1n) is 12.3. The van der Waals surface area contributed by atoms with E-state index in [1.165, 1.54) is 0 Å². The zero-order valence-electron chi connectivity index (χ0n) is 20.7. The third-order valence-electron chi connectivity index (χ3n) is 6.28. The number of fused-ring (bicyclic) bond motifs is 2. The molecule has 4 nitrogen and oxygen atoms in total. The number of hydrogen-bond donors (Lipinski definition) is 0. The highest BCUT2D eigenvalue weighted by Gasteiger charge is 2.50. The van der Waals surface area contributed by atoms with Crippen LogP contribution in [0.1, 0.15) is 68.2 Å². The van der Waals surface area contributed by atoms with Gasteiger partial charge in [0, 0.05) is 26.2 Å². The third-order valence-corrected chi connectivity index (χ3v) is 6.28. The molecule has 0 aromatic rings. The van der Waals surface area contributed by atoms with Gasteiger partial charge in [-0.1, -0.05) is 67.5 Å². The average Bonchev–Trinajstić information content (AvgIpc) is 2.64. The predicted molar refractivity (Wildman–Crippen MR) is 125 cm³/mol. The van der Waals surface area contributed by atoms with E-state index in [-0.39, 0.29) is 35.5 Å². The molecule has 3 aliphatic carbocycles. The van der Waals surface area contributed by atoms with Gasteiger partial charge < -0.3 is 9.80 Å². The summed E-state index contributed by atoms with van der Waals surface area (Å²) in [5, 5.41) is 0. The fourth-order valence-electron chi connectivity index (χ4n) is 5.36. The minimum Gasteiger partial charge on any atom is -0.342 e. The summed E-state index contributed by atoms with van der Waals surface area (Å²) < 4.78 is 0. The van der Waals surface area contributed by atoms with Gasteiger partial charge >= 0.3 is 0 Å². The van der Waals surface area contributed by atoms with Gasteiger partial charge in [0.15, 0.2) is 0 Å². The zero-order chi connectivity index (χ0) is 22.6. The molecule has 4 heteroatoms. The van der Waals surface area contributed by atoms with Crippen molar-refractivity contribution in [2.75, 3.05) is 26.2 Å². The Bertz CT molecular complexity index is 536. The van der Waals surface area contributed by atoms with E-state index in [2.05, 4.69) is 77.3 Å². The van der Waals surface area contributed by atoms with Gasteiger partial charge in [-0.05, 0) is 48.3 Å². The van der Waals surface area contributed by atoms with Crippen LogP contribution in [-0.4, -0.2) is 47.8 Å². The van der Waals surface area contributed by atoms with Crippen molar-refractivity contribution in [1.82, 2.24) is 9.80 Å². The average molecular weight is 419 g/mol. The standard InChI is InChI=1S/C26H46N2O2/c1-17(2)13-27(14-18(3)4)25(29)23-21-9-11-22(12-10-21)24(23)26(30)28(15-19(5)6)16-20(7)8/h9,11,17-24H,10,12-16H2,1-8H3. The fourth-order valence-corrected chi connectivity index (χ4v) is 5.36. The second-order valence-electron chi connectivity index (χ2n) is 11.4. The number of rotatable bonds is 10. The molecule has 0 saturated heterocycles. The van der Waals surface area contributed by atoms with Crippen LogP contribution in [0.2, 0.25) is 0 Å². The summed E-state index contributed by atoms with van der Waals surface area (Å²) in [7, 11) is 0. The molecule has 3 aliphatic rings. The fraction of sp³-hybridized carbons (Fsp3) is 0.846. The molecule has 172 valence electrons. The number of amides is 2. The van der Waals surface area contributed by atoms with E-state index in [0.717, 1.165) is 39.0 Å². The summed E-state index contributed by atoms with van der Waals surface area (Å²) in [6.45, 7) is 20.5. The lowest BCUT2D eigenvalue weighted by atomic mass is 9.61. The molecular weight excluding hydrogens is 372 g/mol. The van der Waals surface area contributed by atoms with E-state index in [1.54, 1.807) is 0 Å². The third kappa shape index (κ3) is 6.34. The van der Waals surface area contributed by atoms with Crippen molar-refractivity contribution in [2.45, 2.75) is 68.2 Å². The van der Waals surface area contributed by atoms with E-state index < -0.39 is 0 Å². The number of carbonyl (C=O) groups is 2. The Morgan fingerprint density at radius 3 is 1.10 bits per heavy atom. The van der Waals surface area contributed by atoms with Crippen LogP contribution in [0.3, 0.4) is 0 Å². The maximum Gasteiger partial charge on any atom is 0.227 e. The molecule has 0 aromatic carbocycles. The molecule has 30 heavy (non-hydrogen) atoms. The van der Waals surface area contributed by atoms with E-state index in [1.807, 2.05) is 0 Å². The summed E-state index contributed by atoms with van der Waals surface area (Å²) in [5.74, 6) is 2.16. The zero-order valence-corrected chi connectivity index (χ0v) is 20.7. The van der Waals surface area contributed by atoms with Crippen molar-refractivity contribution in [2.24, 2.45) is 47.3 Å². The van der Waals surface area contributed by atoms with Crippen LogP contribution in [-0.2, 0) is 9.59 Å². The van der Waals surface area contributed by atoms with Crippen LogP contribution >= 0.6 is 0 Å². The lowest BCUT2D eigenvalue weighted by molar-refractivity contribution is -0.153. The summed E-state index contributed by atoms with van der Waals surface area (Å²) in [4.78, 5) is 31.8. The first-order chi connectivity index (χ1) is 14.0. The number of allylic oxidation sites excluding steroid dienone is 2. The quantitative estimate of drug-likeness (QED) is 0.463. The van der Waals surface area contributed by atoms with Crippen LogP contribution in [0.4, 0.5) is 0 Å². The highest BCUT2D eigenvalue weighted by atomic mass is 16.2. The lowest BCUT2D eigenvalue weighted by Crippen LogP contribution is -2.55. The number of carbonyl (C=O) groups excluding carboxylic acids is 2. The molecule has 0 heterocycles. The first kappa shape index (κ1) is 24.9. The van der Waals surface area contributed by atoms with Gasteiger partial charge in [0.1, 0.15) is 0 Å². The Morgan fingerprint density at radius 2 is 0.900 bits per heavy atom. The van der Waals surface area contributed by atoms with Crippen molar-refractivity contribution in [3.8, 4) is 0 Å². The Morgan fingerprint density at radius 1 is 0.633 bits per heavy atom. The molecule has 3 rings (SSSR count).